The summed E-state index contributed by atoms with van der Waals surface area (Å²) in [6.07, 6.45) is 60.1. The Morgan fingerprint density at radius 2 is 0.661 bits per heavy atom. The van der Waals surface area contributed by atoms with Crippen LogP contribution in [0, 0.1) is 0 Å². The number of ether oxygens (including phenoxy) is 3. The lowest BCUT2D eigenvalue weighted by atomic mass is 10.1. The van der Waals surface area contributed by atoms with Crippen LogP contribution in [-0.4, -0.2) is 37.2 Å². The van der Waals surface area contributed by atoms with Crippen molar-refractivity contribution >= 4 is 17.9 Å². The van der Waals surface area contributed by atoms with Crippen LogP contribution in [0.5, 0.6) is 0 Å². The molecule has 0 radical (unpaired) electrons. The first-order chi connectivity index (χ1) is 29.0. The minimum absolute atomic E-state index is 0.0929. The molecule has 0 spiro atoms. The van der Waals surface area contributed by atoms with Crippen LogP contribution in [0.15, 0.2) is 85.1 Å². The first-order valence-corrected chi connectivity index (χ1v) is 24.1. The van der Waals surface area contributed by atoms with Gasteiger partial charge in [-0.15, -0.1) is 0 Å². The van der Waals surface area contributed by atoms with E-state index in [1.165, 1.54) is 77.0 Å². The zero-order valence-electron chi connectivity index (χ0n) is 38.2. The van der Waals surface area contributed by atoms with Crippen molar-refractivity contribution in [1.29, 1.82) is 0 Å². The van der Waals surface area contributed by atoms with Crippen molar-refractivity contribution in [1.82, 2.24) is 0 Å². The highest BCUT2D eigenvalue weighted by Crippen LogP contribution is 2.13. The lowest BCUT2D eigenvalue weighted by Crippen LogP contribution is -2.30. The van der Waals surface area contributed by atoms with Gasteiger partial charge in [-0.05, 0) is 70.6 Å². The lowest BCUT2D eigenvalue weighted by Gasteiger charge is -2.18. The molecule has 0 aromatic heterocycles. The molecule has 6 nitrogen and oxygen atoms in total. The van der Waals surface area contributed by atoms with Crippen molar-refractivity contribution in [2.24, 2.45) is 0 Å². The molecule has 0 heterocycles. The van der Waals surface area contributed by atoms with Crippen LogP contribution in [0.25, 0.3) is 0 Å². The Bertz CT molecular complexity index is 1170. The summed E-state index contributed by atoms with van der Waals surface area (Å²) in [7, 11) is 0. The maximum atomic E-state index is 12.7. The van der Waals surface area contributed by atoms with Gasteiger partial charge in [0.2, 0.25) is 0 Å². The van der Waals surface area contributed by atoms with Gasteiger partial charge < -0.3 is 14.2 Å². The number of hydrogen-bond donors (Lipinski definition) is 0. The number of carbonyl (C=O) groups is 3. The quantitative estimate of drug-likeness (QED) is 0.0264. The molecule has 0 N–H and O–H groups in total. The molecule has 0 aliphatic heterocycles. The fourth-order valence-electron chi connectivity index (χ4n) is 6.31. The van der Waals surface area contributed by atoms with Crippen LogP contribution in [0.4, 0.5) is 0 Å². The Morgan fingerprint density at radius 1 is 0.356 bits per heavy atom. The molecule has 0 bridgehead atoms. The van der Waals surface area contributed by atoms with E-state index < -0.39 is 6.10 Å². The Kier molecular flexibility index (Phi) is 44.5. The second-order valence-corrected chi connectivity index (χ2v) is 15.6. The normalized spacial score (nSPS) is 12.8. The standard InChI is InChI=1S/C53H88O6/c1-4-7-10-13-16-19-20-21-22-23-24-25-26-27-28-29-30-31-32-35-37-40-43-46-52(55)58-49-50(59-53(56)47-44-41-38-34-18-15-12-9-6-3)48-57-51(54)45-42-39-36-33-17-14-11-8-5-2/h7,10,16,19,21-22,24-25,27-28,30-31,35,37,50H,4-6,8-9,11-15,17-18,20,23,26,29,32-34,36,38-49H2,1-3H3/b10-7-,19-16-,22-21-,25-24-,28-27-,31-30-,37-35-. The first-order valence-electron chi connectivity index (χ1n) is 24.1. The van der Waals surface area contributed by atoms with E-state index in [1.54, 1.807) is 0 Å². The van der Waals surface area contributed by atoms with Crippen LogP contribution < -0.4 is 0 Å². The largest absolute Gasteiger partial charge is 0.462 e. The average molecular weight is 821 g/mol. The molecular weight excluding hydrogens is 733 g/mol. The van der Waals surface area contributed by atoms with Gasteiger partial charge in [-0.1, -0.05) is 209 Å². The molecule has 336 valence electrons. The summed E-state index contributed by atoms with van der Waals surface area (Å²) >= 11 is 0. The third-order valence-electron chi connectivity index (χ3n) is 9.91. The molecule has 0 aromatic rings. The van der Waals surface area contributed by atoms with Crippen molar-refractivity contribution in [3.8, 4) is 0 Å². The van der Waals surface area contributed by atoms with E-state index in [1.807, 2.05) is 0 Å². The third-order valence-corrected chi connectivity index (χ3v) is 9.91. The van der Waals surface area contributed by atoms with E-state index in [0.29, 0.717) is 19.3 Å². The van der Waals surface area contributed by atoms with E-state index in [-0.39, 0.29) is 37.5 Å². The molecule has 59 heavy (non-hydrogen) atoms. The number of esters is 3. The van der Waals surface area contributed by atoms with Gasteiger partial charge >= 0.3 is 17.9 Å². The van der Waals surface area contributed by atoms with Crippen LogP contribution in [-0.2, 0) is 28.6 Å². The summed E-state index contributed by atoms with van der Waals surface area (Å²) in [5.41, 5.74) is 0. The molecule has 0 saturated heterocycles. The summed E-state index contributed by atoms with van der Waals surface area (Å²) in [4.78, 5) is 37.6. The van der Waals surface area contributed by atoms with Crippen molar-refractivity contribution < 1.29 is 28.6 Å². The Balaban J connectivity index is 4.36. The molecule has 0 fully saturated rings. The first kappa shape index (κ1) is 55.6. The van der Waals surface area contributed by atoms with Gasteiger partial charge in [0.15, 0.2) is 6.10 Å². The molecule has 0 aliphatic rings. The number of hydrogen-bond acceptors (Lipinski definition) is 6. The minimum atomic E-state index is -0.793. The maximum Gasteiger partial charge on any atom is 0.306 e. The zero-order valence-corrected chi connectivity index (χ0v) is 38.2. The van der Waals surface area contributed by atoms with Gasteiger partial charge in [0.05, 0.1) is 0 Å². The summed E-state index contributed by atoms with van der Waals surface area (Å²) in [6.45, 7) is 6.41. The summed E-state index contributed by atoms with van der Waals surface area (Å²) in [5, 5.41) is 0. The number of allylic oxidation sites excluding steroid dienone is 14. The SMILES string of the molecule is CC/C=C\C/C=C\C/C=C\C/C=C\C/C=C\C/C=C\C/C=C\CCCC(=O)OCC(COC(=O)CCCCCCCCCCC)OC(=O)CCCCCCCCCCC. The van der Waals surface area contributed by atoms with Crippen LogP contribution in [0.2, 0.25) is 0 Å². The highest BCUT2D eigenvalue weighted by atomic mass is 16.6. The van der Waals surface area contributed by atoms with Crippen molar-refractivity contribution in [2.75, 3.05) is 13.2 Å². The highest BCUT2D eigenvalue weighted by molar-refractivity contribution is 5.71. The second kappa shape index (κ2) is 47.3. The smallest absolute Gasteiger partial charge is 0.306 e. The minimum Gasteiger partial charge on any atom is -0.462 e. The Morgan fingerprint density at radius 3 is 1.03 bits per heavy atom. The summed E-state index contributed by atoms with van der Waals surface area (Å²) in [5.74, 6) is -0.965. The third kappa shape index (κ3) is 45.5. The number of unbranched alkanes of at least 4 members (excludes halogenated alkanes) is 17. The van der Waals surface area contributed by atoms with Gasteiger partial charge in [0.1, 0.15) is 13.2 Å². The molecule has 0 aromatic carbocycles. The van der Waals surface area contributed by atoms with Gasteiger partial charge in [-0.3, -0.25) is 14.4 Å². The predicted octanol–water partition coefficient (Wildman–Crippen LogP) is 15.6. The molecule has 6 heteroatoms. The second-order valence-electron chi connectivity index (χ2n) is 15.6. The van der Waals surface area contributed by atoms with Crippen LogP contribution in [0.3, 0.4) is 0 Å². The number of rotatable bonds is 42. The average Bonchev–Trinajstić information content (AvgIpc) is 3.23. The van der Waals surface area contributed by atoms with Crippen molar-refractivity contribution in [3.63, 3.8) is 0 Å². The van der Waals surface area contributed by atoms with Crippen molar-refractivity contribution in [2.45, 2.75) is 219 Å². The fraction of sp³-hybridized carbons (Fsp3) is 0.679. The molecular formula is C53H88O6. The van der Waals surface area contributed by atoms with Crippen LogP contribution >= 0.6 is 0 Å². The molecule has 1 atom stereocenters. The molecule has 0 aliphatic carbocycles. The van der Waals surface area contributed by atoms with Gasteiger partial charge in [0.25, 0.3) is 0 Å². The predicted molar refractivity (Wildman–Crippen MR) is 251 cm³/mol. The van der Waals surface area contributed by atoms with E-state index in [4.69, 9.17) is 14.2 Å². The van der Waals surface area contributed by atoms with E-state index in [9.17, 15) is 14.4 Å². The molecule has 0 amide bonds. The Labute approximate surface area is 363 Å². The molecule has 1 unspecified atom stereocenters. The zero-order chi connectivity index (χ0) is 43.0. The van der Waals surface area contributed by atoms with E-state index in [2.05, 4.69) is 106 Å². The highest BCUT2D eigenvalue weighted by Gasteiger charge is 2.19. The van der Waals surface area contributed by atoms with Gasteiger partial charge in [0, 0.05) is 19.3 Å². The van der Waals surface area contributed by atoms with Gasteiger partial charge in [-0.2, -0.15) is 0 Å². The molecule has 0 rings (SSSR count). The fourth-order valence-corrected chi connectivity index (χ4v) is 6.31. The van der Waals surface area contributed by atoms with E-state index >= 15 is 0 Å². The number of carbonyl (C=O) groups excluding carboxylic acids is 3. The summed E-state index contributed by atoms with van der Waals surface area (Å²) < 4.78 is 16.6. The Hall–Kier alpha value is -3.41. The van der Waals surface area contributed by atoms with E-state index in [0.717, 1.165) is 89.9 Å². The lowest BCUT2D eigenvalue weighted by molar-refractivity contribution is -0.167. The maximum absolute atomic E-state index is 12.7. The molecule has 0 saturated carbocycles. The van der Waals surface area contributed by atoms with Gasteiger partial charge in [-0.25, -0.2) is 0 Å². The topological polar surface area (TPSA) is 78.9 Å². The monoisotopic (exact) mass is 821 g/mol. The summed E-state index contributed by atoms with van der Waals surface area (Å²) in [6, 6.07) is 0. The van der Waals surface area contributed by atoms with Crippen LogP contribution in [0.1, 0.15) is 213 Å². The van der Waals surface area contributed by atoms with Crippen molar-refractivity contribution in [3.05, 3.63) is 85.1 Å².